The Kier molecular flexibility index (Phi) is 6.36. The van der Waals surface area contributed by atoms with Crippen molar-refractivity contribution in [1.82, 2.24) is 4.90 Å². The number of alkyl halides is 2. The molecule has 5 rings (SSSR count). The second-order valence-electron chi connectivity index (χ2n) is 12.2. The van der Waals surface area contributed by atoms with Crippen LogP contribution < -0.4 is 0 Å². The number of fused-ring (bicyclic) bond motifs is 5. The minimum Gasteiger partial charge on any atom is -0.390 e. The Balaban J connectivity index is 1.54. The third kappa shape index (κ3) is 3.57. The number of benzene rings is 1. The van der Waals surface area contributed by atoms with Gasteiger partial charge in [0.2, 0.25) is 0 Å². The molecule has 7 heteroatoms. The van der Waals surface area contributed by atoms with E-state index in [4.69, 9.17) is 0 Å². The third-order valence-corrected chi connectivity index (χ3v) is 10.5. The van der Waals surface area contributed by atoms with Crippen LogP contribution in [-0.4, -0.2) is 64.8 Å². The fraction of sp³-hybridized carbons (Fsp3) is 0.600. The van der Waals surface area contributed by atoms with Gasteiger partial charge >= 0.3 is 0 Å². The number of ketones is 2. The van der Waals surface area contributed by atoms with Crippen molar-refractivity contribution >= 4 is 11.6 Å². The third-order valence-electron chi connectivity index (χ3n) is 10.5. The highest BCUT2D eigenvalue weighted by Crippen LogP contribution is 2.72. The molecule has 4 aliphatic rings. The van der Waals surface area contributed by atoms with Crippen LogP contribution in [0.4, 0.5) is 8.78 Å². The van der Waals surface area contributed by atoms with Gasteiger partial charge in [0.1, 0.15) is 12.8 Å². The lowest BCUT2D eigenvalue weighted by Gasteiger charge is -2.63. The van der Waals surface area contributed by atoms with E-state index in [1.807, 2.05) is 44.3 Å². The second kappa shape index (κ2) is 8.92. The van der Waals surface area contributed by atoms with Gasteiger partial charge in [0.15, 0.2) is 17.2 Å². The Bertz CT molecular complexity index is 1150. The Morgan fingerprint density at radius 3 is 2.57 bits per heavy atom. The predicted octanol–water partition coefficient (Wildman–Crippen LogP) is 3.99. The fourth-order valence-corrected chi connectivity index (χ4v) is 8.69. The van der Waals surface area contributed by atoms with Gasteiger partial charge in [-0.2, -0.15) is 0 Å². The molecule has 0 amide bonds. The Labute approximate surface area is 217 Å². The van der Waals surface area contributed by atoms with E-state index in [0.29, 0.717) is 25.9 Å². The zero-order chi connectivity index (χ0) is 26.8. The molecule has 200 valence electrons. The number of Topliss-reactive ketones (excluding diaryl/α,β-unsaturated/α-hetero) is 1. The molecule has 0 aromatic heterocycles. The van der Waals surface area contributed by atoms with Gasteiger partial charge in [0.05, 0.1) is 6.10 Å². The topological polar surface area (TPSA) is 77.8 Å². The molecular weight excluding hydrogens is 476 g/mol. The lowest BCUT2D eigenvalue weighted by atomic mass is 9.43. The van der Waals surface area contributed by atoms with Crippen molar-refractivity contribution in [2.24, 2.45) is 28.1 Å². The summed E-state index contributed by atoms with van der Waals surface area (Å²) in [6.45, 7) is 3.82. The van der Waals surface area contributed by atoms with Gasteiger partial charge in [-0.3, -0.25) is 9.59 Å². The van der Waals surface area contributed by atoms with Gasteiger partial charge in [-0.25, -0.2) is 8.78 Å². The van der Waals surface area contributed by atoms with Crippen molar-refractivity contribution in [3.63, 3.8) is 0 Å². The summed E-state index contributed by atoms with van der Waals surface area (Å²) < 4.78 is 33.0. The van der Waals surface area contributed by atoms with Crippen LogP contribution in [-0.2, 0) is 16.1 Å². The Morgan fingerprint density at radius 1 is 1.19 bits per heavy atom. The molecule has 0 spiro atoms. The van der Waals surface area contributed by atoms with Gasteiger partial charge in [-0.15, -0.1) is 0 Å². The first-order valence-electron chi connectivity index (χ1n) is 13.3. The van der Waals surface area contributed by atoms with E-state index in [9.17, 15) is 19.8 Å². The van der Waals surface area contributed by atoms with Gasteiger partial charge in [-0.1, -0.05) is 43.3 Å². The van der Waals surface area contributed by atoms with E-state index >= 15 is 8.78 Å². The first-order valence-corrected chi connectivity index (χ1v) is 13.3. The number of carbonyl (C=O) groups excluding carboxylic acids is 2. The van der Waals surface area contributed by atoms with Crippen molar-refractivity contribution in [1.29, 1.82) is 0 Å². The molecule has 3 fully saturated rings. The molecule has 0 radical (unpaired) electrons. The van der Waals surface area contributed by atoms with Crippen molar-refractivity contribution in [3.05, 3.63) is 59.7 Å². The zero-order valence-electron chi connectivity index (χ0n) is 21.8. The van der Waals surface area contributed by atoms with Gasteiger partial charge in [0.25, 0.3) is 0 Å². The van der Waals surface area contributed by atoms with Crippen LogP contribution in [0.1, 0.15) is 45.1 Å². The normalized spacial score (nSPS) is 42.7. The van der Waals surface area contributed by atoms with Crippen molar-refractivity contribution < 1.29 is 28.6 Å². The molecule has 0 saturated heterocycles. The van der Waals surface area contributed by atoms with Gasteiger partial charge in [0, 0.05) is 29.8 Å². The average molecular weight is 514 g/mol. The van der Waals surface area contributed by atoms with Crippen LogP contribution in [0, 0.1) is 28.1 Å². The van der Waals surface area contributed by atoms with E-state index in [0.717, 1.165) is 5.56 Å². The number of hydrogen-bond acceptors (Lipinski definition) is 5. The second-order valence-corrected chi connectivity index (χ2v) is 12.2. The maximum Gasteiger partial charge on any atom is 0.178 e. The largest absolute Gasteiger partial charge is 0.390 e. The van der Waals surface area contributed by atoms with E-state index < -0.39 is 46.7 Å². The smallest absolute Gasteiger partial charge is 0.178 e. The summed E-state index contributed by atoms with van der Waals surface area (Å²) in [5.74, 6) is -1.87. The Hall–Kier alpha value is -2.22. The van der Waals surface area contributed by atoms with Crippen LogP contribution in [0.5, 0.6) is 0 Å². The zero-order valence-corrected chi connectivity index (χ0v) is 21.8. The quantitative estimate of drug-likeness (QED) is 0.602. The van der Waals surface area contributed by atoms with E-state index in [1.54, 1.807) is 6.92 Å². The number of carbonyl (C=O) groups is 2. The summed E-state index contributed by atoms with van der Waals surface area (Å²) in [5, 5.41) is 21.6. The lowest BCUT2D eigenvalue weighted by molar-refractivity contribution is -0.213. The molecule has 8 atom stereocenters. The first kappa shape index (κ1) is 26.4. The number of aliphatic hydroxyl groups excluding tert-OH is 2. The summed E-state index contributed by atoms with van der Waals surface area (Å²) in [5.41, 5.74) is -4.26. The predicted molar refractivity (Wildman–Crippen MR) is 136 cm³/mol. The highest BCUT2D eigenvalue weighted by atomic mass is 19.1. The standard InChI is InChI=1S/C30H37F2NO4/c1-27-11-9-20(35)13-23(27)24(31)14-22-21-10-12-29(26(37)17-34,28(21,2)15-25(36)30(22,27)32)18-33(3)16-19-7-5-4-6-8-19/h4-9,11,13,21-22,24-25,34,36H,10,12,14-18H2,1-3H3/t21?,22-,24-,25-,27-,28-,29-,30-/m0/s1. The minimum absolute atomic E-state index is 0.0250. The average Bonchev–Trinajstić information content (AvgIpc) is 3.14. The van der Waals surface area contributed by atoms with Crippen molar-refractivity contribution in [2.45, 2.75) is 64.0 Å². The molecule has 1 aromatic carbocycles. The molecule has 0 heterocycles. The summed E-state index contributed by atoms with van der Waals surface area (Å²) in [7, 11) is 1.93. The summed E-state index contributed by atoms with van der Waals surface area (Å²) in [6.07, 6.45) is 1.77. The van der Waals surface area contributed by atoms with Crippen LogP contribution in [0.3, 0.4) is 0 Å². The van der Waals surface area contributed by atoms with Crippen LogP contribution >= 0.6 is 0 Å². The van der Waals surface area contributed by atoms with E-state index in [-0.39, 0.29) is 35.9 Å². The number of hydrogen-bond donors (Lipinski definition) is 2. The van der Waals surface area contributed by atoms with E-state index in [1.165, 1.54) is 18.2 Å². The molecule has 0 aliphatic heterocycles. The van der Waals surface area contributed by atoms with Crippen LogP contribution in [0.2, 0.25) is 0 Å². The first-order chi connectivity index (χ1) is 17.4. The van der Waals surface area contributed by atoms with Crippen LogP contribution in [0.25, 0.3) is 0 Å². The molecule has 37 heavy (non-hydrogen) atoms. The maximum absolute atomic E-state index is 17.4. The number of rotatable bonds is 6. The Morgan fingerprint density at radius 2 is 1.89 bits per heavy atom. The molecule has 2 N–H and O–H groups in total. The van der Waals surface area contributed by atoms with Crippen molar-refractivity contribution in [3.8, 4) is 0 Å². The molecule has 0 bridgehead atoms. The van der Waals surface area contributed by atoms with Gasteiger partial charge in [-0.05, 0) is 74.3 Å². The van der Waals surface area contributed by atoms with Gasteiger partial charge < -0.3 is 15.1 Å². The molecule has 3 saturated carbocycles. The van der Waals surface area contributed by atoms with Crippen molar-refractivity contribution in [2.75, 3.05) is 20.2 Å². The number of aliphatic hydroxyl groups is 2. The minimum atomic E-state index is -2.17. The number of allylic oxidation sites excluding steroid dienone is 4. The van der Waals surface area contributed by atoms with E-state index in [2.05, 4.69) is 4.90 Å². The molecular formula is C30H37F2NO4. The number of halogens is 2. The summed E-state index contributed by atoms with van der Waals surface area (Å²) in [4.78, 5) is 27.6. The maximum atomic E-state index is 17.4. The summed E-state index contributed by atoms with van der Waals surface area (Å²) in [6, 6.07) is 9.87. The fourth-order valence-electron chi connectivity index (χ4n) is 8.69. The molecule has 4 aliphatic carbocycles. The monoisotopic (exact) mass is 513 g/mol. The number of nitrogens with zero attached hydrogens (tertiary/aromatic N) is 1. The summed E-state index contributed by atoms with van der Waals surface area (Å²) >= 11 is 0. The SMILES string of the molecule is CN(Cc1ccccc1)C[C@]1(C(=O)CO)CCC2[C@@H]3C[C@H](F)C4=CC(=O)C=C[C@]4(C)[C@@]3(F)[C@@H](O)C[C@@]21C. The lowest BCUT2D eigenvalue weighted by Crippen LogP contribution is -2.69. The highest BCUT2D eigenvalue weighted by Gasteiger charge is 2.75. The molecule has 1 unspecified atom stereocenters. The molecule has 1 aromatic rings. The highest BCUT2D eigenvalue weighted by molar-refractivity contribution is 6.01. The molecule has 5 nitrogen and oxygen atoms in total. The van der Waals surface area contributed by atoms with Crippen LogP contribution in [0.15, 0.2) is 54.1 Å².